The maximum atomic E-state index is 6.01. The van der Waals surface area contributed by atoms with Gasteiger partial charge in [-0.25, -0.2) is 5.01 Å². The van der Waals surface area contributed by atoms with E-state index < -0.39 is 0 Å². The highest BCUT2D eigenvalue weighted by molar-refractivity contribution is 5.08. The van der Waals surface area contributed by atoms with Crippen molar-refractivity contribution in [1.82, 2.24) is 10.4 Å². The van der Waals surface area contributed by atoms with E-state index in [9.17, 15) is 0 Å². The van der Waals surface area contributed by atoms with Crippen molar-refractivity contribution < 1.29 is 9.47 Å². The molecule has 0 aromatic heterocycles. The Bertz CT molecular complexity index is 286. The summed E-state index contributed by atoms with van der Waals surface area (Å²) in [4.78, 5) is 0. The van der Waals surface area contributed by atoms with E-state index >= 15 is 0 Å². The summed E-state index contributed by atoms with van der Waals surface area (Å²) in [5.74, 6) is 0. The summed E-state index contributed by atoms with van der Waals surface area (Å²) in [6.45, 7) is 6.75. The van der Waals surface area contributed by atoms with Gasteiger partial charge in [0.05, 0.1) is 19.3 Å². The average Bonchev–Trinajstić information content (AvgIpc) is 2.48. The van der Waals surface area contributed by atoms with E-state index in [0.717, 1.165) is 32.9 Å². The first-order valence-electron chi connectivity index (χ1n) is 8.05. The van der Waals surface area contributed by atoms with Crippen molar-refractivity contribution in [2.45, 2.75) is 57.6 Å². The Balaban J connectivity index is 1.60. The van der Waals surface area contributed by atoms with Gasteiger partial charge in [0.2, 0.25) is 0 Å². The van der Waals surface area contributed by atoms with E-state index in [1.807, 2.05) is 0 Å². The molecule has 3 fully saturated rings. The number of hydrogen-bond acceptors (Lipinski definition) is 4. The molecule has 0 amide bonds. The maximum absolute atomic E-state index is 6.01. The lowest BCUT2D eigenvalue weighted by Gasteiger charge is -2.58. The van der Waals surface area contributed by atoms with Gasteiger partial charge in [-0.3, -0.25) is 5.43 Å². The van der Waals surface area contributed by atoms with Crippen LogP contribution in [-0.2, 0) is 9.47 Å². The molecule has 1 aliphatic heterocycles. The minimum Gasteiger partial charge on any atom is -0.379 e. The van der Waals surface area contributed by atoms with Gasteiger partial charge in [0, 0.05) is 31.2 Å². The molecule has 2 unspecified atom stereocenters. The third-order valence-electron chi connectivity index (χ3n) is 5.29. The molecule has 0 bridgehead atoms. The molecule has 1 heterocycles. The van der Waals surface area contributed by atoms with Gasteiger partial charge >= 0.3 is 0 Å². The summed E-state index contributed by atoms with van der Waals surface area (Å²) in [5, 5.41) is 2.37. The van der Waals surface area contributed by atoms with Gasteiger partial charge in [-0.2, -0.15) is 0 Å². The smallest absolute Gasteiger partial charge is 0.0662 e. The second kappa shape index (κ2) is 6.08. The van der Waals surface area contributed by atoms with E-state index in [4.69, 9.17) is 9.47 Å². The summed E-state index contributed by atoms with van der Waals surface area (Å²) in [7, 11) is 0. The molecule has 0 radical (unpaired) electrons. The van der Waals surface area contributed by atoms with E-state index in [0.29, 0.717) is 17.6 Å². The van der Waals surface area contributed by atoms with Crippen LogP contribution in [0.3, 0.4) is 0 Å². The molecule has 1 saturated heterocycles. The third-order valence-corrected chi connectivity index (χ3v) is 5.29. The van der Waals surface area contributed by atoms with Gasteiger partial charge < -0.3 is 9.47 Å². The Morgan fingerprint density at radius 2 is 1.95 bits per heavy atom. The van der Waals surface area contributed by atoms with Crippen LogP contribution in [0.5, 0.6) is 0 Å². The van der Waals surface area contributed by atoms with Crippen molar-refractivity contribution in [3.8, 4) is 0 Å². The number of hydrogen-bond donors (Lipinski definition) is 1. The van der Waals surface area contributed by atoms with Crippen LogP contribution in [0.2, 0.25) is 0 Å². The van der Waals surface area contributed by atoms with Crippen LogP contribution in [-0.4, -0.2) is 50.1 Å². The quantitative estimate of drug-likeness (QED) is 0.845. The van der Waals surface area contributed by atoms with Crippen LogP contribution in [0, 0.1) is 5.41 Å². The minimum atomic E-state index is 0.423. The fourth-order valence-electron chi connectivity index (χ4n) is 4.16. The van der Waals surface area contributed by atoms with Crippen LogP contribution >= 0.6 is 0 Å². The average molecular weight is 268 g/mol. The molecule has 1 spiro atoms. The molecule has 19 heavy (non-hydrogen) atoms. The van der Waals surface area contributed by atoms with Crippen molar-refractivity contribution in [2.75, 3.05) is 32.9 Å². The van der Waals surface area contributed by atoms with Crippen molar-refractivity contribution in [2.24, 2.45) is 5.41 Å². The van der Waals surface area contributed by atoms with Crippen LogP contribution in [0.1, 0.15) is 45.4 Å². The molecule has 0 aromatic rings. The molecule has 1 N–H and O–H groups in total. The molecule has 0 aromatic carbocycles. The number of nitrogens with zero attached hydrogens (tertiary/aromatic N) is 1. The number of rotatable bonds is 4. The number of hydrazine groups is 1. The standard InChI is InChI=1S/C15H28N2O2/c1-2-19-14-12-13(15(14)6-4-3-5-7-15)16-17-8-10-18-11-9-17/h13-14,16H,2-12H2,1H3. The number of nitrogens with one attached hydrogen (secondary N) is 1. The van der Waals surface area contributed by atoms with Crippen LogP contribution in [0.15, 0.2) is 0 Å². The topological polar surface area (TPSA) is 33.7 Å². The zero-order chi connectivity index (χ0) is 13.1. The molecular formula is C15H28N2O2. The second-order valence-corrected chi connectivity index (χ2v) is 6.25. The largest absolute Gasteiger partial charge is 0.379 e. The van der Waals surface area contributed by atoms with Gasteiger partial charge in [0.1, 0.15) is 0 Å². The van der Waals surface area contributed by atoms with Gasteiger partial charge in [-0.05, 0) is 26.2 Å². The highest BCUT2D eigenvalue weighted by atomic mass is 16.5. The normalized spacial score (nSPS) is 35.2. The highest BCUT2D eigenvalue weighted by Crippen LogP contribution is 2.53. The SMILES string of the molecule is CCOC1CC(NN2CCOCC2)C12CCCCC2. The first-order valence-corrected chi connectivity index (χ1v) is 8.05. The van der Waals surface area contributed by atoms with Gasteiger partial charge in [0.15, 0.2) is 0 Å². The van der Waals surface area contributed by atoms with Crippen molar-refractivity contribution in [1.29, 1.82) is 0 Å². The molecule has 4 heteroatoms. The lowest BCUT2D eigenvalue weighted by molar-refractivity contribution is -0.168. The zero-order valence-electron chi connectivity index (χ0n) is 12.2. The molecule has 2 saturated carbocycles. The van der Waals surface area contributed by atoms with E-state index in [-0.39, 0.29) is 0 Å². The Hall–Kier alpha value is -0.160. The molecule has 3 aliphatic rings. The molecule has 2 atom stereocenters. The van der Waals surface area contributed by atoms with Crippen molar-refractivity contribution in [3.05, 3.63) is 0 Å². The van der Waals surface area contributed by atoms with Gasteiger partial charge in [-0.1, -0.05) is 19.3 Å². The second-order valence-electron chi connectivity index (χ2n) is 6.25. The Labute approximate surface area is 116 Å². The van der Waals surface area contributed by atoms with E-state index in [1.165, 1.54) is 38.5 Å². The number of morpholine rings is 1. The molecule has 2 aliphatic carbocycles. The van der Waals surface area contributed by atoms with Crippen molar-refractivity contribution >= 4 is 0 Å². The van der Waals surface area contributed by atoms with Crippen molar-refractivity contribution in [3.63, 3.8) is 0 Å². The summed E-state index contributed by atoms with van der Waals surface area (Å²) in [6, 6.07) is 0.627. The first-order chi connectivity index (χ1) is 9.35. The van der Waals surface area contributed by atoms with Crippen LogP contribution in [0.25, 0.3) is 0 Å². The fourth-order valence-corrected chi connectivity index (χ4v) is 4.16. The Kier molecular flexibility index (Phi) is 4.42. The molecule has 110 valence electrons. The summed E-state index contributed by atoms with van der Waals surface area (Å²) in [5.41, 5.74) is 4.20. The molecule has 4 nitrogen and oxygen atoms in total. The van der Waals surface area contributed by atoms with Crippen LogP contribution < -0.4 is 5.43 Å². The third kappa shape index (κ3) is 2.68. The molecule has 3 rings (SSSR count). The first kappa shape index (κ1) is 13.8. The monoisotopic (exact) mass is 268 g/mol. The Morgan fingerprint density at radius 3 is 2.63 bits per heavy atom. The van der Waals surface area contributed by atoms with E-state index in [2.05, 4.69) is 17.4 Å². The number of ether oxygens (including phenoxy) is 2. The lowest BCUT2D eigenvalue weighted by atomic mass is 9.55. The molecular weight excluding hydrogens is 240 g/mol. The minimum absolute atomic E-state index is 0.423. The summed E-state index contributed by atoms with van der Waals surface area (Å²) in [6.07, 6.45) is 8.54. The summed E-state index contributed by atoms with van der Waals surface area (Å²) >= 11 is 0. The predicted octanol–water partition coefficient (Wildman–Crippen LogP) is 1.95. The fraction of sp³-hybridized carbons (Fsp3) is 1.00. The van der Waals surface area contributed by atoms with Crippen LogP contribution in [0.4, 0.5) is 0 Å². The zero-order valence-corrected chi connectivity index (χ0v) is 12.2. The van der Waals surface area contributed by atoms with Gasteiger partial charge in [0.25, 0.3) is 0 Å². The Morgan fingerprint density at radius 1 is 1.21 bits per heavy atom. The predicted molar refractivity (Wildman–Crippen MR) is 74.9 cm³/mol. The lowest BCUT2D eigenvalue weighted by Crippen LogP contribution is -2.68. The van der Waals surface area contributed by atoms with Gasteiger partial charge in [-0.15, -0.1) is 0 Å². The van der Waals surface area contributed by atoms with E-state index in [1.54, 1.807) is 0 Å². The highest BCUT2D eigenvalue weighted by Gasteiger charge is 2.55. The maximum Gasteiger partial charge on any atom is 0.0662 e. The summed E-state index contributed by atoms with van der Waals surface area (Å²) < 4.78 is 11.4.